The van der Waals surface area contributed by atoms with Gasteiger partial charge in [0.2, 0.25) is 0 Å². The molecule has 0 aromatic heterocycles. The van der Waals surface area contributed by atoms with Crippen LogP contribution in [0.2, 0.25) is 0 Å². The standard InChI is InChI=1S/C19H20ClNO2/c20-19-8-15-5-16(9-19)7-18(6-15,12-19)17(22)23-11-14-3-1-13(10-21)2-4-14/h1-4,15-16H,5-9,11-12H2/t15-,16-,18?,19?/m1/s1. The number of alkyl halides is 1. The number of carbonyl (C=O) groups is 1. The highest BCUT2D eigenvalue weighted by atomic mass is 35.5. The number of carbonyl (C=O) groups excluding carboxylic acids is 1. The van der Waals surface area contributed by atoms with E-state index in [0.717, 1.165) is 37.7 Å². The van der Waals surface area contributed by atoms with E-state index in [0.29, 0.717) is 17.4 Å². The van der Waals surface area contributed by atoms with Gasteiger partial charge in [-0.3, -0.25) is 4.79 Å². The fourth-order valence-electron chi connectivity index (χ4n) is 5.37. The number of nitrogens with zero attached hydrogens (tertiary/aromatic N) is 1. The summed E-state index contributed by atoms with van der Waals surface area (Å²) in [5.74, 6) is 1.12. The van der Waals surface area contributed by atoms with E-state index in [9.17, 15) is 4.79 Å². The van der Waals surface area contributed by atoms with Gasteiger partial charge in [-0.1, -0.05) is 12.1 Å². The third-order valence-corrected chi connectivity index (χ3v) is 6.32. The van der Waals surface area contributed by atoms with Crippen LogP contribution in [0.15, 0.2) is 24.3 Å². The van der Waals surface area contributed by atoms with E-state index in [2.05, 4.69) is 6.07 Å². The lowest BCUT2D eigenvalue weighted by Crippen LogP contribution is -2.56. The summed E-state index contributed by atoms with van der Waals surface area (Å²) in [5, 5.41) is 8.82. The lowest BCUT2D eigenvalue weighted by atomic mass is 9.49. The van der Waals surface area contributed by atoms with Gasteiger partial charge in [-0.2, -0.15) is 5.26 Å². The summed E-state index contributed by atoms with van der Waals surface area (Å²) in [5.41, 5.74) is 1.19. The van der Waals surface area contributed by atoms with Crippen molar-refractivity contribution in [2.45, 2.75) is 50.0 Å². The molecular weight excluding hydrogens is 310 g/mol. The van der Waals surface area contributed by atoms with E-state index < -0.39 is 0 Å². The van der Waals surface area contributed by atoms with Crippen LogP contribution in [-0.2, 0) is 16.1 Å². The van der Waals surface area contributed by atoms with E-state index in [-0.39, 0.29) is 22.9 Å². The van der Waals surface area contributed by atoms with Crippen LogP contribution in [0.5, 0.6) is 0 Å². The Morgan fingerprint density at radius 2 is 1.87 bits per heavy atom. The molecule has 0 aliphatic heterocycles. The van der Waals surface area contributed by atoms with Crippen molar-refractivity contribution in [3.05, 3.63) is 35.4 Å². The first-order chi connectivity index (χ1) is 11.0. The molecule has 120 valence electrons. The number of benzene rings is 1. The highest BCUT2D eigenvalue weighted by Gasteiger charge is 2.60. The third kappa shape index (κ3) is 2.64. The second-order valence-corrected chi connectivity index (χ2v) is 8.58. The number of nitriles is 1. The average Bonchev–Trinajstić information content (AvgIpc) is 2.50. The molecule has 0 heterocycles. The molecule has 5 rings (SSSR count). The molecule has 1 aromatic carbocycles. The minimum atomic E-state index is -0.349. The van der Waals surface area contributed by atoms with Gasteiger partial charge in [-0.05, 0) is 68.1 Å². The van der Waals surface area contributed by atoms with Crippen molar-refractivity contribution in [3.8, 4) is 6.07 Å². The zero-order valence-electron chi connectivity index (χ0n) is 13.1. The molecule has 23 heavy (non-hydrogen) atoms. The summed E-state index contributed by atoms with van der Waals surface area (Å²) < 4.78 is 5.65. The van der Waals surface area contributed by atoms with Crippen LogP contribution in [0.1, 0.15) is 49.7 Å². The number of halogens is 1. The zero-order valence-corrected chi connectivity index (χ0v) is 13.8. The highest BCUT2D eigenvalue weighted by Crippen LogP contribution is 2.64. The van der Waals surface area contributed by atoms with Crippen LogP contribution in [0.3, 0.4) is 0 Å². The Morgan fingerprint density at radius 1 is 1.22 bits per heavy atom. The lowest BCUT2D eigenvalue weighted by molar-refractivity contribution is -0.171. The molecule has 0 spiro atoms. The Morgan fingerprint density at radius 3 is 2.43 bits per heavy atom. The maximum atomic E-state index is 12.8. The minimum Gasteiger partial charge on any atom is -0.460 e. The maximum absolute atomic E-state index is 12.8. The topological polar surface area (TPSA) is 50.1 Å². The second-order valence-electron chi connectivity index (χ2n) is 7.78. The van der Waals surface area contributed by atoms with Crippen LogP contribution in [0, 0.1) is 28.6 Å². The molecule has 0 unspecified atom stereocenters. The summed E-state index contributed by atoms with van der Waals surface area (Å²) in [7, 11) is 0. The monoisotopic (exact) mass is 329 g/mol. The highest BCUT2D eigenvalue weighted by molar-refractivity contribution is 6.24. The Labute approximate surface area is 141 Å². The van der Waals surface area contributed by atoms with Crippen LogP contribution in [0.4, 0.5) is 0 Å². The van der Waals surface area contributed by atoms with Crippen molar-refractivity contribution in [2.75, 3.05) is 0 Å². The molecule has 4 fully saturated rings. The number of hydrogen-bond donors (Lipinski definition) is 0. The molecule has 4 saturated carbocycles. The summed E-state index contributed by atoms with van der Waals surface area (Å²) >= 11 is 6.78. The van der Waals surface area contributed by atoms with Gasteiger partial charge in [0.15, 0.2) is 0 Å². The molecule has 0 N–H and O–H groups in total. The van der Waals surface area contributed by atoms with Gasteiger partial charge in [0.25, 0.3) is 0 Å². The van der Waals surface area contributed by atoms with Crippen molar-refractivity contribution in [1.29, 1.82) is 5.26 Å². The Bertz CT molecular complexity index is 662. The summed E-state index contributed by atoms with van der Waals surface area (Å²) in [6.45, 7) is 0.275. The molecule has 0 saturated heterocycles. The van der Waals surface area contributed by atoms with E-state index in [1.165, 1.54) is 6.42 Å². The van der Waals surface area contributed by atoms with Crippen LogP contribution >= 0.6 is 11.6 Å². The minimum absolute atomic E-state index is 0.0685. The first-order valence-corrected chi connectivity index (χ1v) is 8.73. The molecule has 3 nitrogen and oxygen atoms in total. The molecule has 2 atom stereocenters. The van der Waals surface area contributed by atoms with Crippen molar-refractivity contribution in [3.63, 3.8) is 0 Å². The summed E-state index contributed by atoms with van der Waals surface area (Å²) in [6, 6.07) is 9.28. The van der Waals surface area contributed by atoms with Crippen LogP contribution < -0.4 is 0 Å². The van der Waals surface area contributed by atoms with E-state index in [4.69, 9.17) is 21.6 Å². The normalized spacial score (nSPS) is 37.4. The average molecular weight is 330 g/mol. The molecule has 0 amide bonds. The van der Waals surface area contributed by atoms with Crippen LogP contribution in [-0.4, -0.2) is 10.8 Å². The SMILES string of the molecule is N#Cc1ccc(COC(=O)C23C[C@H]4C[C@@H](CC(Cl)(C4)C2)C3)cc1. The smallest absolute Gasteiger partial charge is 0.312 e. The maximum Gasteiger partial charge on any atom is 0.312 e. The number of rotatable bonds is 3. The zero-order chi connectivity index (χ0) is 16.1. The Kier molecular flexibility index (Phi) is 3.43. The van der Waals surface area contributed by atoms with Gasteiger partial charge in [-0.25, -0.2) is 0 Å². The molecule has 4 aliphatic rings. The number of ether oxygens (including phenoxy) is 1. The predicted octanol–water partition coefficient (Wildman–Crippen LogP) is 4.18. The van der Waals surface area contributed by atoms with E-state index >= 15 is 0 Å². The molecule has 0 radical (unpaired) electrons. The number of hydrogen-bond acceptors (Lipinski definition) is 3. The number of esters is 1. The van der Waals surface area contributed by atoms with Gasteiger partial charge < -0.3 is 4.74 Å². The molecule has 4 heteroatoms. The fourth-order valence-corrected chi connectivity index (χ4v) is 6.06. The van der Waals surface area contributed by atoms with Gasteiger partial charge >= 0.3 is 5.97 Å². The molecule has 1 aromatic rings. The summed E-state index contributed by atoms with van der Waals surface area (Å²) in [6.07, 6.45) is 6.04. The summed E-state index contributed by atoms with van der Waals surface area (Å²) in [4.78, 5) is 12.6. The van der Waals surface area contributed by atoms with Crippen molar-refractivity contribution >= 4 is 17.6 Å². The lowest BCUT2D eigenvalue weighted by Gasteiger charge is -2.58. The van der Waals surface area contributed by atoms with Crippen molar-refractivity contribution < 1.29 is 9.53 Å². The van der Waals surface area contributed by atoms with E-state index in [1.54, 1.807) is 12.1 Å². The second kappa shape index (κ2) is 5.24. The Balaban J connectivity index is 1.45. The van der Waals surface area contributed by atoms with Gasteiger partial charge in [0.1, 0.15) is 6.61 Å². The predicted molar refractivity (Wildman–Crippen MR) is 86.7 cm³/mol. The van der Waals surface area contributed by atoms with Gasteiger partial charge in [-0.15, -0.1) is 11.6 Å². The van der Waals surface area contributed by atoms with Crippen molar-refractivity contribution in [1.82, 2.24) is 0 Å². The fraction of sp³-hybridized carbons (Fsp3) is 0.579. The van der Waals surface area contributed by atoms with E-state index in [1.807, 2.05) is 12.1 Å². The molecule has 4 bridgehead atoms. The van der Waals surface area contributed by atoms with Gasteiger partial charge in [0.05, 0.1) is 17.0 Å². The first kappa shape index (κ1) is 15.0. The first-order valence-electron chi connectivity index (χ1n) is 8.36. The largest absolute Gasteiger partial charge is 0.460 e. The van der Waals surface area contributed by atoms with Crippen molar-refractivity contribution in [2.24, 2.45) is 17.3 Å². The molecule has 4 aliphatic carbocycles. The quantitative estimate of drug-likeness (QED) is 0.617. The Hall–Kier alpha value is -1.53. The third-order valence-electron chi connectivity index (χ3n) is 5.88. The van der Waals surface area contributed by atoms with Crippen LogP contribution in [0.25, 0.3) is 0 Å². The van der Waals surface area contributed by atoms with Gasteiger partial charge in [0, 0.05) is 4.87 Å². The molecular formula is C19H20ClNO2.